The number of benzene rings is 1. The molecule has 2 N–H and O–H groups in total. The summed E-state index contributed by atoms with van der Waals surface area (Å²) in [5, 5.41) is 5.87. The van der Waals surface area contributed by atoms with Gasteiger partial charge in [0, 0.05) is 24.7 Å². The predicted octanol–water partition coefficient (Wildman–Crippen LogP) is 3.71. The van der Waals surface area contributed by atoms with Crippen LogP contribution in [0.3, 0.4) is 0 Å². The van der Waals surface area contributed by atoms with Gasteiger partial charge < -0.3 is 20.3 Å². The van der Waals surface area contributed by atoms with E-state index < -0.39 is 11.7 Å². The van der Waals surface area contributed by atoms with Gasteiger partial charge in [0.15, 0.2) is 0 Å². The van der Waals surface area contributed by atoms with Crippen LogP contribution in [0.15, 0.2) is 24.3 Å². The molecule has 2 heterocycles. The van der Waals surface area contributed by atoms with Gasteiger partial charge in [-0.1, -0.05) is 18.6 Å². The van der Waals surface area contributed by atoms with Crippen molar-refractivity contribution in [2.24, 2.45) is 5.92 Å². The van der Waals surface area contributed by atoms with Crippen molar-refractivity contribution in [1.82, 2.24) is 15.5 Å². The highest BCUT2D eigenvalue weighted by atomic mass is 16.6. The highest BCUT2D eigenvalue weighted by Crippen LogP contribution is 2.30. The molecule has 0 aromatic heterocycles. The summed E-state index contributed by atoms with van der Waals surface area (Å²) < 4.78 is 5.23. The maximum absolute atomic E-state index is 12.6. The van der Waals surface area contributed by atoms with Crippen molar-refractivity contribution < 1.29 is 14.3 Å². The van der Waals surface area contributed by atoms with Crippen LogP contribution >= 0.6 is 0 Å². The Morgan fingerprint density at radius 1 is 1.03 bits per heavy atom. The Kier molecular flexibility index (Phi) is 7.17. The van der Waals surface area contributed by atoms with Crippen molar-refractivity contribution >= 4 is 12.0 Å². The molecule has 3 rings (SSSR count). The van der Waals surface area contributed by atoms with Gasteiger partial charge in [0.2, 0.25) is 0 Å². The van der Waals surface area contributed by atoms with Gasteiger partial charge in [0.1, 0.15) is 5.60 Å². The molecule has 0 saturated carbocycles. The highest BCUT2D eigenvalue weighted by Gasteiger charge is 2.32. The number of hydrogen-bond donors (Lipinski definition) is 2. The SMILES string of the molecule is CC(C)(C)OC(=O)NCc1ccc(C(=O)NC[C@H]2CCCN3CCCC[C@H]23)cc1. The van der Waals surface area contributed by atoms with Crippen molar-refractivity contribution in [2.45, 2.75) is 71.1 Å². The lowest BCUT2D eigenvalue weighted by molar-refractivity contribution is 0.0523. The number of piperidine rings is 2. The first kappa shape index (κ1) is 21.6. The Morgan fingerprint density at radius 2 is 1.76 bits per heavy atom. The van der Waals surface area contributed by atoms with E-state index in [1.807, 2.05) is 45.0 Å². The number of amides is 2. The second kappa shape index (κ2) is 9.61. The average molecular weight is 402 g/mol. The van der Waals surface area contributed by atoms with Crippen LogP contribution in [0.5, 0.6) is 0 Å². The monoisotopic (exact) mass is 401 g/mol. The number of carbonyl (C=O) groups excluding carboxylic acids is 2. The lowest BCUT2D eigenvalue weighted by atomic mass is 9.83. The molecule has 2 saturated heterocycles. The van der Waals surface area contributed by atoms with Crippen molar-refractivity contribution in [1.29, 1.82) is 0 Å². The molecule has 6 heteroatoms. The fourth-order valence-electron chi connectivity index (χ4n) is 4.40. The molecule has 1 aromatic carbocycles. The van der Waals surface area contributed by atoms with Crippen LogP contribution in [0, 0.1) is 5.92 Å². The first-order chi connectivity index (χ1) is 13.8. The maximum atomic E-state index is 12.6. The first-order valence-electron chi connectivity index (χ1n) is 10.9. The number of nitrogens with one attached hydrogen (secondary N) is 2. The molecule has 2 aliphatic rings. The Bertz CT molecular complexity index is 694. The minimum absolute atomic E-state index is 0.0235. The molecule has 160 valence electrons. The number of hydrogen-bond acceptors (Lipinski definition) is 4. The van der Waals surface area contributed by atoms with Crippen molar-refractivity contribution in [2.75, 3.05) is 19.6 Å². The van der Waals surface area contributed by atoms with Crippen LogP contribution in [0.2, 0.25) is 0 Å². The standard InChI is InChI=1S/C23H35N3O3/c1-23(2,3)29-22(28)25-15-17-9-11-18(12-10-17)21(27)24-16-19-7-6-14-26-13-5-4-8-20(19)26/h9-12,19-20H,4-8,13-16H2,1-3H3,(H,24,27)(H,25,28)/t19-,20-/m1/s1. The second-order valence-electron chi connectivity index (χ2n) is 9.26. The van der Waals surface area contributed by atoms with Crippen LogP contribution < -0.4 is 10.6 Å². The van der Waals surface area contributed by atoms with Crippen LogP contribution in [0.4, 0.5) is 4.79 Å². The van der Waals surface area contributed by atoms with Gasteiger partial charge in [0.05, 0.1) is 0 Å². The van der Waals surface area contributed by atoms with E-state index in [0.29, 0.717) is 24.1 Å². The molecule has 1 aromatic rings. The van der Waals surface area contributed by atoms with Gasteiger partial charge in [-0.05, 0) is 83.2 Å². The summed E-state index contributed by atoms with van der Waals surface area (Å²) in [4.78, 5) is 26.9. The normalized spacial score (nSPS) is 22.4. The smallest absolute Gasteiger partial charge is 0.407 e. The summed E-state index contributed by atoms with van der Waals surface area (Å²) in [6, 6.07) is 8.01. The number of nitrogens with zero attached hydrogens (tertiary/aromatic N) is 1. The zero-order valence-electron chi connectivity index (χ0n) is 18.0. The molecular weight excluding hydrogens is 366 g/mol. The van der Waals surface area contributed by atoms with E-state index in [0.717, 1.165) is 12.1 Å². The predicted molar refractivity (Wildman–Crippen MR) is 114 cm³/mol. The lowest BCUT2D eigenvalue weighted by Gasteiger charge is -2.44. The maximum Gasteiger partial charge on any atom is 0.407 e. The number of ether oxygens (including phenoxy) is 1. The quantitative estimate of drug-likeness (QED) is 0.789. The van der Waals surface area contributed by atoms with Gasteiger partial charge in [-0.2, -0.15) is 0 Å². The van der Waals surface area contributed by atoms with E-state index in [2.05, 4.69) is 15.5 Å². The van der Waals surface area contributed by atoms with Gasteiger partial charge in [0.25, 0.3) is 5.91 Å². The molecule has 2 atom stereocenters. The summed E-state index contributed by atoms with van der Waals surface area (Å²) in [7, 11) is 0. The summed E-state index contributed by atoms with van der Waals surface area (Å²) in [5.41, 5.74) is 1.07. The van der Waals surface area contributed by atoms with E-state index in [9.17, 15) is 9.59 Å². The molecule has 0 unspecified atom stereocenters. The zero-order chi connectivity index (χ0) is 20.9. The number of rotatable bonds is 5. The van der Waals surface area contributed by atoms with Crippen LogP contribution in [-0.4, -0.2) is 48.2 Å². The summed E-state index contributed by atoms with van der Waals surface area (Å²) in [6.45, 7) is 9.05. The molecule has 0 bridgehead atoms. The van der Waals surface area contributed by atoms with E-state index >= 15 is 0 Å². The minimum Gasteiger partial charge on any atom is -0.444 e. The minimum atomic E-state index is -0.515. The van der Waals surface area contributed by atoms with Crippen LogP contribution in [0.25, 0.3) is 0 Å². The summed E-state index contributed by atoms with van der Waals surface area (Å²) in [6.07, 6.45) is 5.88. The molecule has 6 nitrogen and oxygen atoms in total. The third-order valence-corrected chi connectivity index (χ3v) is 5.81. The zero-order valence-corrected chi connectivity index (χ0v) is 18.0. The Balaban J connectivity index is 1.46. The van der Waals surface area contributed by atoms with Crippen molar-refractivity contribution in [3.63, 3.8) is 0 Å². The molecular formula is C23H35N3O3. The molecule has 0 radical (unpaired) electrons. The fraction of sp³-hybridized carbons (Fsp3) is 0.652. The topological polar surface area (TPSA) is 70.7 Å². The van der Waals surface area contributed by atoms with Gasteiger partial charge in [-0.25, -0.2) is 4.79 Å². The third kappa shape index (κ3) is 6.46. The van der Waals surface area contributed by atoms with Gasteiger partial charge in [-0.15, -0.1) is 0 Å². The Hall–Kier alpha value is -2.08. The van der Waals surface area contributed by atoms with E-state index in [4.69, 9.17) is 4.74 Å². The Labute approximate surface area is 174 Å². The third-order valence-electron chi connectivity index (χ3n) is 5.81. The van der Waals surface area contributed by atoms with Crippen LogP contribution in [-0.2, 0) is 11.3 Å². The van der Waals surface area contributed by atoms with Crippen molar-refractivity contribution in [3.05, 3.63) is 35.4 Å². The molecule has 2 aliphatic heterocycles. The van der Waals surface area contributed by atoms with E-state index in [-0.39, 0.29) is 5.91 Å². The summed E-state index contributed by atoms with van der Waals surface area (Å²) >= 11 is 0. The molecule has 0 aliphatic carbocycles. The van der Waals surface area contributed by atoms with E-state index in [1.54, 1.807) is 0 Å². The summed E-state index contributed by atoms with van der Waals surface area (Å²) in [5.74, 6) is 0.537. The molecule has 29 heavy (non-hydrogen) atoms. The first-order valence-corrected chi connectivity index (χ1v) is 10.9. The lowest BCUT2D eigenvalue weighted by Crippen LogP contribution is -2.51. The van der Waals surface area contributed by atoms with Gasteiger partial charge >= 0.3 is 6.09 Å². The molecule has 0 spiro atoms. The Morgan fingerprint density at radius 3 is 2.48 bits per heavy atom. The average Bonchev–Trinajstić information content (AvgIpc) is 2.69. The van der Waals surface area contributed by atoms with E-state index in [1.165, 1.54) is 45.2 Å². The number of fused-ring (bicyclic) bond motifs is 1. The van der Waals surface area contributed by atoms with Crippen molar-refractivity contribution in [3.8, 4) is 0 Å². The molecule has 2 fully saturated rings. The van der Waals surface area contributed by atoms with Crippen LogP contribution in [0.1, 0.15) is 68.8 Å². The largest absolute Gasteiger partial charge is 0.444 e. The van der Waals surface area contributed by atoms with Gasteiger partial charge in [-0.3, -0.25) is 4.79 Å². The molecule has 2 amide bonds. The fourth-order valence-corrected chi connectivity index (χ4v) is 4.40. The second-order valence-corrected chi connectivity index (χ2v) is 9.26. The number of carbonyl (C=O) groups is 2. The highest BCUT2D eigenvalue weighted by molar-refractivity contribution is 5.94. The number of alkyl carbamates (subject to hydrolysis) is 1.